The highest BCUT2D eigenvalue weighted by atomic mass is 35.5. The Balaban J connectivity index is 1.79. The van der Waals surface area contributed by atoms with Gasteiger partial charge in [-0.2, -0.15) is 15.2 Å². The van der Waals surface area contributed by atoms with Gasteiger partial charge in [-0.05, 0) is 49.6 Å². The van der Waals surface area contributed by atoms with Gasteiger partial charge in [0.25, 0.3) is 6.43 Å². The second-order valence-electron chi connectivity index (χ2n) is 8.05. The van der Waals surface area contributed by atoms with E-state index in [0.29, 0.717) is 41.1 Å². The van der Waals surface area contributed by atoms with E-state index in [-0.39, 0.29) is 5.69 Å². The maximum absolute atomic E-state index is 16.3. The highest BCUT2D eigenvalue weighted by molar-refractivity contribution is 6.17. The van der Waals surface area contributed by atoms with Crippen LogP contribution in [0.4, 0.5) is 24.8 Å². The average Bonchev–Trinajstić information content (AvgIpc) is 3.54. The summed E-state index contributed by atoms with van der Waals surface area (Å²) in [5, 5.41) is 13.9. The minimum atomic E-state index is -2.57. The number of alkyl halides is 3. The zero-order chi connectivity index (χ0) is 25.5. The molecule has 0 spiro atoms. The third-order valence-corrected chi connectivity index (χ3v) is 5.92. The van der Waals surface area contributed by atoms with Crippen molar-refractivity contribution in [2.24, 2.45) is 0 Å². The maximum atomic E-state index is 16.3. The van der Waals surface area contributed by atoms with Gasteiger partial charge < -0.3 is 10.1 Å². The number of anilines is 2. The molecule has 1 atom stereocenters. The summed E-state index contributed by atoms with van der Waals surface area (Å²) in [5.74, 6) is 0.821. The van der Waals surface area contributed by atoms with Crippen molar-refractivity contribution in [3.05, 3.63) is 71.8 Å². The van der Waals surface area contributed by atoms with E-state index >= 15 is 4.39 Å². The molecule has 2 N–H and O–H groups in total. The second-order valence-corrected chi connectivity index (χ2v) is 8.42. The Bertz CT molecular complexity index is 1250. The van der Waals surface area contributed by atoms with Gasteiger partial charge in [0.05, 0.1) is 0 Å². The number of H-pyrrole nitrogens is 1. The first-order valence-electron chi connectivity index (χ1n) is 11.4. The summed E-state index contributed by atoms with van der Waals surface area (Å²) in [6, 6.07) is 10.1. The summed E-state index contributed by atoms with van der Waals surface area (Å²) < 4.78 is 48.0. The van der Waals surface area contributed by atoms with E-state index in [1.807, 2.05) is 0 Å². The van der Waals surface area contributed by atoms with Crippen LogP contribution in [-0.4, -0.2) is 48.9 Å². The number of ether oxygens (including phenoxy) is 1. The van der Waals surface area contributed by atoms with Crippen molar-refractivity contribution in [2.75, 3.05) is 17.8 Å². The highest BCUT2D eigenvalue weighted by Gasteiger charge is 2.26. The first kappa shape index (κ1) is 25.5. The third-order valence-electron chi connectivity index (χ3n) is 5.66. The van der Waals surface area contributed by atoms with Crippen molar-refractivity contribution in [2.45, 2.75) is 38.5 Å². The lowest BCUT2D eigenvalue weighted by Gasteiger charge is -2.24. The lowest BCUT2D eigenvalue weighted by molar-refractivity contribution is 0.0819. The largest absolute Gasteiger partial charge is 0.488 e. The number of unbranched alkanes of at least 4 members (excludes halogenated alkanes) is 1. The van der Waals surface area contributed by atoms with Crippen molar-refractivity contribution < 1.29 is 17.9 Å². The number of hydrogen-bond donors (Lipinski definition) is 2. The number of nitrogens with zero attached hydrogens (tertiary/aromatic N) is 5. The van der Waals surface area contributed by atoms with E-state index in [1.54, 1.807) is 43.3 Å². The van der Waals surface area contributed by atoms with Crippen LogP contribution >= 0.6 is 11.6 Å². The lowest BCUT2D eigenvalue weighted by atomic mass is 9.85. The van der Waals surface area contributed by atoms with Gasteiger partial charge in [0.2, 0.25) is 5.95 Å². The fraction of sp³-hybridized carbons (Fsp3) is 0.333. The lowest BCUT2D eigenvalue weighted by Crippen LogP contribution is -2.13. The van der Waals surface area contributed by atoms with Crippen LogP contribution in [0.2, 0.25) is 0 Å². The highest BCUT2D eigenvalue weighted by Crippen LogP contribution is 2.39. The fourth-order valence-corrected chi connectivity index (χ4v) is 4.19. The molecule has 0 amide bonds. The Morgan fingerprint density at radius 2 is 1.89 bits per heavy atom. The molecule has 4 rings (SSSR count). The Hall–Kier alpha value is -3.60. The van der Waals surface area contributed by atoms with Crippen LogP contribution in [-0.2, 0) is 0 Å². The summed E-state index contributed by atoms with van der Waals surface area (Å²) in [7, 11) is 0. The first-order valence-corrected chi connectivity index (χ1v) is 11.9. The average molecular weight is 520 g/mol. The fourth-order valence-electron chi connectivity index (χ4n) is 4.00. The van der Waals surface area contributed by atoms with Crippen LogP contribution in [0.5, 0.6) is 5.75 Å². The zero-order valence-corrected chi connectivity index (χ0v) is 20.2. The number of aromatic nitrogens is 6. The molecule has 190 valence electrons. The van der Waals surface area contributed by atoms with Gasteiger partial charge in [-0.25, -0.2) is 27.9 Å². The van der Waals surface area contributed by atoms with Gasteiger partial charge in [-0.1, -0.05) is 18.6 Å². The second kappa shape index (κ2) is 11.9. The monoisotopic (exact) mass is 519 g/mol. The standard InChI is InChI=1S/C24H25ClF3N7O/c1-15-29-14-32-35(15)20-10-9-19(33-24-30-13-31-34-24)22(23(20)28)18(4-2-3-11-25)16-5-7-17(8-6-16)36-12-21(26)27/h5-10,13-14,18,21H,2-4,11-12H2,1H3,(H2,30,31,33,34). The van der Waals surface area contributed by atoms with E-state index in [0.717, 1.165) is 18.4 Å². The van der Waals surface area contributed by atoms with Crippen molar-refractivity contribution >= 4 is 23.2 Å². The molecule has 1 unspecified atom stereocenters. The Labute approximate surface area is 210 Å². The van der Waals surface area contributed by atoms with Gasteiger partial charge in [0.1, 0.15) is 36.5 Å². The molecule has 0 saturated carbocycles. The molecule has 12 heteroatoms. The Morgan fingerprint density at radius 1 is 1.08 bits per heavy atom. The van der Waals surface area contributed by atoms with Crippen molar-refractivity contribution in [3.8, 4) is 11.4 Å². The molecular weight excluding hydrogens is 495 g/mol. The summed E-state index contributed by atoms with van der Waals surface area (Å²) in [6.07, 6.45) is 2.22. The van der Waals surface area contributed by atoms with Gasteiger partial charge in [-0.3, -0.25) is 0 Å². The van der Waals surface area contributed by atoms with Gasteiger partial charge in [-0.15, -0.1) is 11.6 Å². The molecular formula is C24H25ClF3N7O. The number of benzene rings is 2. The Kier molecular flexibility index (Phi) is 8.42. The summed E-state index contributed by atoms with van der Waals surface area (Å²) >= 11 is 5.92. The molecule has 0 bridgehead atoms. The molecule has 2 heterocycles. The predicted molar refractivity (Wildman–Crippen MR) is 130 cm³/mol. The molecule has 36 heavy (non-hydrogen) atoms. The summed E-state index contributed by atoms with van der Waals surface area (Å²) in [5.41, 5.74) is 1.94. The van der Waals surface area contributed by atoms with E-state index in [2.05, 4.69) is 30.6 Å². The quantitative estimate of drug-likeness (QED) is 0.182. The molecule has 0 saturated heterocycles. The summed E-state index contributed by atoms with van der Waals surface area (Å²) in [6.45, 7) is 1.04. The number of hydrogen-bond acceptors (Lipinski definition) is 6. The van der Waals surface area contributed by atoms with E-state index in [4.69, 9.17) is 16.3 Å². The van der Waals surface area contributed by atoms with Crippen LogP contribution in [0.25, 0.3) is 5.69 Å². The van der Waals surface area contributed by atoms with Crippen LogP contribution in [0.3, 0.4) is 0 Å². The number of nitrogens with one attached hydrogen (secondary N) is 2. The molecule has 0 radical (unpaired) electrons. The topological polar surface area (TPSA) is 93.5 Å². The van der Waals surface area contributed by atoms with Crippen molar-refractivity contribution in [1.29, 1.82) is 0 Å². The molecule has 8 nitrogen and oxygen atoms in total. The number of aromatic amines is 1. The number of rotatable bonds is 12. The normalized spacial score (nSPS) is 12.2. The van der Waals surface area contributed by atoms with Crippen LogP contribution < -0.4 is 10.1 Å². The minimum Gasteiger partial charge on any atom is -0.488 e. The van der Waals surface area contributed by atoms with E-state index in [1.165, 1.54) is 17.3 Å². The predicted octanol–water partition coefficient (Wildman–Crippen LogP) is 5.76. The molecule has 0 aliphatic rings. The molecule has 0 fully saturated rings. The van der Waals surface area contributed by atoms with Gasteiger partial charge in [0.15, 0.2) is 5.82 Å². The van der Waals surface area contributed by atoms with E-state index in [9.17, 15) is 8.78 Å². The molecule has 2 aromatic carbocycles. The van der Waals surface area contributed by atoms with Gasteiger partial charge in [0, 0.05) is 23.0 Å². The maximum Gasteiger partial charge on any atom is 0.272 e. The smallest absolute Gasteiger partial charge is 0.272 e. The molecule has 0 aliphatic heterocycles. The first-order chi connectivity index (χ1) is 17.5. The Morgan fingerprint density at radius 3 is 2.53 bits per heavy atom. The van der Waals surface area contributed by atoms with Crippen LogP contribution in [0.15, 0.2) is 49.1 Å². The zero-order valence-electron chi connectivity index (χ0n) is 19.5. The summed E-state index contributed by atoms with van der Waals surface area (Å²) in [4.78, 5) is 8.21. The molecule has 4 aromatic rings. The minimum absolute atomic E-state index is 0.252. The van der Waals surface area contributed by atoms with Crippen molar-refractivity contribution in [1.82, 2.24) is 29.9 Å². The number of aryl methyl sites for hydroxylation is 1. The van der Waals surface area contributed by atoms with Crippen LogP contribution in [0.1, 0.15) is 42.1 Å². The van der Waals surface area contributed by atoms with Crippen molar-refractivity contribution in [3.63, 3.8) is 0 Å². The number of halogens is 4. The third kappa shape index (κ3) is 5.96. The van der Waals surface area contributed by atoms with Crippen LogP contribution in [0, 0.1) is 12.7 Å². The SMILES string of the molecule is Cc1ncnn1-c1ccc(Nc2ncn[nH]2)c(C(CCCCCl)c2ccc(OCC(F)F)cc2)c1F. The van der Waals surface area contributed by atoms with Gasteiger partial charge >= 0.3 is 0 Å². The molecule has 2 aromatic heterocycles. The molecule has 0 aliphatic carbocycles. The van der Waals surface area contributed by atoms with E-state index < -0.39 is 24.8 Å².